The number of rotatable bonds is 4. The van der Waals surface area contributed by atoms with Crippen molar-refractivity contribution in [2.75, 3.05) is 13.7 Å². The van der Waals surface area contributed by atoms with E-state index in [1.807, 2.05) is 0 Å². The lowest BCUT2D eigenvalue weighted by molar-refractivity contribution is -0.148. The van der Waals surface area contributed by atoms with E-state index >= 15 is 0 Å². The van der Waals surface area contributed by atoms with Crippen LogP contribution in [0.4, 0.5) is 0 Å². The molecule has 80 valence electrons. The molecule has 1 heterocycles. The first-order chi connectivity index (χ1) is 7.15. The summed E-state index contributed by atoms with van der Waals surface area (Å²) in [5.74, 6) is 2.03. The zero-order chi connectivity index (χ0) is 11.3. The number of hydrogen-bond donors (Lipinski definition) is 1. The first-order valence-corrected chi connectivity index (χ1v) is 5.20. The molecule has 1 N–H and O–H groups in total. The quantitative estimate of drug-likeness (QED) is 0.606. The van der Waals surface area contributed by atoms with Gasteiger partial charge in [0.2, 0.25) is 0 Å². The Hall–Kier alpha value is -1.38. The highest BCUT2D eigenvalue weighted by Crippen LogP contribution is 2.23. The Morgan fingerprint density at radius 1 is 1.87 bits per heavy atom. The van der Waals surface area contributed by atoms with Gasteiger partial charge in [-0.05, 0) is 6.92 Å². The monoisotopic (exact) mass is 224 g/mol. The Bertz CT molecular complexity index is 369. The molecule has 1 atom stereocenters. The van der Waals surface area contributed by atoms with Crippen molar-refractivity contribution >= 4 is 17.3 Å². The normalized spacial score (nSPS) is 13.9. The van der Waals surface area contributed by atoms with Crippen LogP contribution in [0.2, 0.25) is 0 Å². The first kappa shape index (κ1) is 11.7. The number of terminal acetylenes is 1. The zero-order valence-electron chi connectivity index (χ0n) is 8.61. The molecule has 0 aromatic carbocycles. The summed E-state index contributed by atoms with van der Waals surface area (Å²) in [5, 5.41) is 5.38. The Balaban J connectivity index is 2.97. The summed E-state index contributed by atoms with van der Waals surface area (Å²) in [5.41, 5.74) is -0.963. The van der Waals surface area contributed by atoms with Crippen LogP contribution in [-0.2, 0) is 15.1 Å². The smallest absolute Gasteiger partial charge is 0.332 e. The Morgan fingerprint density at radius 3 is 3.07 bits per heavy atom. The number of hydrogen-bond acceptors (Lipinski definition) is 5. The van der Waals surface area contributed by atoms with Crippen LogP contribution in [0.15, 0.2) is 11.6 Å². The van der Waals surface area contributed by atoms with Crippen molar-refractivity contribution in [1.29, 1.82) is 0 Å². The van der Waals surface area contributed by atoms with E-state index in [0.29, 0.717) is 5.01 Å². The van der Waals surface area contributed by atoms with Gasteiger partial charge in [0.15, 0.2) is 5.54 Å². The third kappa shape index (κ3) is 2.35. The van der Waals surface area contributed by atoms with Gasteiger partial charge in [-0.3, -0.25) is 5.32 Å². The second-order valence-corrected chi connectivity index (χ2v) is 3.91. The molecule has 1 rings (SSSR count). The maximum absolute atomic E-state index is 11.7. The fraction of sp³-hybridized carbons (Fsp3) is 0.400. The lowest BCUT2D eigenvalue weighted by Gasteiger charge is -2.24. The van der Waals surface area contributed by atoms with E-state index in [9.17, 15) is 4.79 Å². The molecule has 0 aliphatic rings. The van der Waals surface area contributed by atoms with Crippen LogP contribution in [0.3, 0.4) is 0 Å². The molecular weight excluding hydrogens is 212 g/mol. The largest absolute Gasteiger partial charge is 0.467 e. The number of aromatic nitrogens is 1. The van der Waals surface area contributed by atoms with E-state index < -0.39 is 11.5 Å². The SMILES string of the molecule is C#CCNC(C)(C(=O)OC)c1nccs1. The minimum absolute atomic E-state index is 0.283. The third-order valence-corrected chi connectivity index (χ3v) is 2.99. The van der Waals surface area contributed by atoms with Crippen molar-refractivity contribution in [3.8, 4) is 12.3 Å². The Kier molecular flexibility index (Phi) is 3.83. The van der Waals surface area contributed by atoms with Crippen LogP contribution in [-0.4, -0.2) is 24.6 Å². The molecule has 1 aromatic heterocycles. The fourth-order valence-corrected chi connectivity index (χ4v) is 1.90. The van der Waals surface area contributed by atoms with Crippen LogP contribution >= 0.6 is 11.3 Å². The van der Waals surface area contributed by atoms with E-state index in [4.69, 9.17) is 11.2 Å². The molecular formula is C10H12N2O2S. The predicted octanol–water partition coefficient (Wildman–Crippen LogP) is 0.754. The number of carbonyl (C=O) groups excluding carboxylic acids is 1. The summed E-state index contributed by atoms with van der Waals surface area (Å²) in [6, 6.07) is 0. The van der Waals surface area contributed by atoms with Crippen LogP contribution in [0.1, 0.15) is 11.9 Å². The van der Waals surface area contributed by atoms with E-state index in [1.165, 1.54) is 18.4 Å². The molecule has 1 unspecified atom stereocenters. The van der Waals surface area contributed by atoms with Crippen molar-refractivity contribution in [2.45, 2.75) is 12.5 Å². The molecule has 0 aliphatic heterocycles. The molecule has 1 aromatic rings. The highest BCUT2D eigenvalue weighted by Gasteiger charge is 2.38. The zero-order valence-corrected chi connectivity index (χ0v) is 9.43. The highest BCUT2D eigenvalue weighted by molar-refractivity contribution is 7.09. The number of carbonyl (C=O) groups is 1. The maximum Gasteiger partial charge on any atom is 0.332 e. The van der Waals surface area contributed by atoms with Crippen molar-refractivity contribution in [1.82, 2.24) is 10.3 Å². The summed E-state index contributed by atoms with van der Waals surface area (Å²) < 4.78 is 4.73. The number of ether oxygens (including phenoxy) is 1. The molecule has 5 heteroatoms. The molecule has 0 fully saturated rings. The maximum atomic E-state index is 11.7. The van der Waals surface area contributed by atoms with Gasteiger partial charge >= 0.3 is 5.97 Å². The Labute approximate surface area is 92.7 Å². The molecule has 0 saturated carbocycles. The lowest BCUT2D eigenvalue weighted by atomic mass is 10.0. The van der Waals surface area contributed by atoms with Gasteiger partial charge in [-0.25, -0.2) is 9.78 Å². The Morgan fingerprint density at radius 2 is 2.60 bits per heavy atom. The average molecular weight is 224 g/mol. The minimum Gasteiger partial charge on any atom is -0.467 e. The second-order valence-electron chi connectivity index (χ2n) is 3.01. The molecule has 0 saturated heterocycles. The standard InChI is InChI=1S/C10H12N2O2S/c1-4-5-12-10(2,9(13)14-3)8-11-6-7-15-8/h1,6-7,12H,5H2,2-3H3. The van der Waals surface area contributed by atoms with Gasteiger partial charge in [-0.2, -0.15) is 0 Å². The van der Waals surface area contributed by atoms with Crippen LogP contribution in [0.5, 0.6) is 0 Å². The predicted molar refractivity (Wildman–Crippen MR) is 58.3 cm³/mol. The molecule has 0 spiro atoms. The van der Waals surface area contributed by atoms with Crippen molar-refractivity contribution < 1.29 is 9.53 Å². The van der Waals surface area contributed by atoms with Gasteiger partial charge in [0.05, 0.1) is 13.7 Å². The van der Waals surface area contributed by atoms with Crippen LogP contribution in [0, 0.1) is 12.3 Å². The first-order valence-electron chi connectivity index (χ1n) is 4.32. The summed E-state index contributed by atoms with van der Waals surface area (Å²) in [7, 11) is 1.34. The number of methoxy groups -OCH3 is 1. The molecule has 15 heavy (non-hydrogen) atoms. The highest BCUT2D eigenvalue weighted by atomic mass is 32.1. The molecule has 0 amide bonds. The van der Waals surface area contributed by atoms with Gasteiger partial charge in [-0.1, -0.05) is 5.92 Å². The number of thiazole rings is 1. The molecule has 4 nitrogen and oxygen atoms in total. The lowest BCUT2D eigenvalue weighted by Crippen LogP contribution is -2.47. The van der Waals surface area contributed by atoms with E-state index in [1.54, 1.807) is 18.5 Å². The van der Waals surface area contributed by atoms with Crippen molar-refractivity contribution in [3.05, 3.63) is 16.6 Å². The van der Waals surface area contributed by atoms with Gasteiger partial charge in [0.25, 0.3) is 0 Å². The molecule has 0 aliphatic carbocycles. The number of nitrogens with one attached hydrogen (secondary N) is 1. The van der Waals surface area contributed by atoms with Gasteiger partial charge in [0.1, 0.15) is 5.01 Å². The number of esters is 1. The van der Waals surface area contributed by atoms with Gasteiger partial charge in [-0.15, -0.1) is 17.8 Å². The van der Waals surface area contributed by atoms with Crippen molar-refractivity contribution in [3.63, 3.8) is 0 Å². The number of nitrogens with zero attached hydrogens (tertiary/aromatic N) is 1. The van der Waals surface area contributed by atoms with Gasteiger partial charge in [0, 0.05) is 11.6 Å². The third-order valence-electron chi connectivity index (χ3n) is 2.00. The van der Waals surface area contributed by atoms with E-state index in [0.717, 1.165) is 0 Å². The molecule has 0 bridgehead atoms. The van der Waals surface area contributed by atoms with Gasteiger partial charge < -0.3 is 4.74 Å². The molecule has 0 radical (unpaired) electrons. The van der Waals surface area contributed by atoms with E-state index in [-0.39, 0.29) is 6.54 Å². The van der Waals surface area contributed by atoms with Crippen LogP contribution < -0.4 is 5.32 Å². The summed E-state index contributed by atoms with van der Waals surface area (Å²) in [6.45, 7) is 1.99. The fourth-order valence-electron chi connectivity index (χ4n) is 1.14. The van der Waals surface area contributed by atoms with E-state index in [2.05, 4.69) is 16.2 Å². The van der Waals surface area contributed by atoms with Crippen molar-refractivity contribution in [2.24, 2.45) is 0 Å². The van der Waals surface area contributed by atoms with Crippen LogP contribution in [0.25, 0.3) is 0 Å². The topological polar surface area (TPSA) is 51.2 Å². The minimum atomic E-state index is -0.963. The second kappa shape index (κ2) is 4.91. The summed E-state index contributed by atoms with van der Waals surface area (Å²) in [4.78, 5) is 15.7. The summed E-state index contributed by atoms with van der Waals surface area (Å²) in [6.07, 6.45) is 6.79. The average Bonchev–Trinajstić information content (AvgIpc) is 2.78. The summed E-state index contributed by atoms with van der Waals surface area (Å²) >= 11 is 1.38.